The average Bonchev–Trinajstić information content (AvgIpc) is 2.66. The Kier molecular flexibility index (Phi) is 13.5. The summed E-state index contributed by atoms with van der Waals surface area (Å²) in [6.45, 7) is 0. The van der Waals surface area contributed by atoms with E-state index in [4.69, 9.17) is 11.5 Å². The second-order valence-electron chi connectivity index (χ2n) is 5.95. The number of carbonyl (C=O) groups excluding carboxylic acids is 4. The van der Waals surface area contributed by atoms with Crippen LogP contribution >= 0.6 is 37.0 Å². The normalized spacial score (nSPS) is 14.8. The Labute approximate surface area is 183 Å². The molecule has 0 aromatic carbocycles. The Morgan fingerprint density at radius 2 is 1.45 bits per heavy atom. The number of thiol groups is 2. The first-order chi connectivity index (χ1) is 13.6. The first kappa shape index (κ1) is 27.4. The predicted molar refractivity (Wildman–Crippen MR) is 116 cm³/mol. The minimum absolute atomic E-state index is 0.0477. The van der Waals surface area contributed by atoms with Gasteiger partial charge in [0, 0.05) is 11.5 Å². The minimum Gasteiger partial charge on any atom is -0.480 e. The van der Waals surface area contributed by atoms with Crippen LogP contribution in [-0.4, -0.2) is 82.4 Å². The maximum atomic E-state index is 12.4. The highest BCUT2D eigenvalue weighted by Crippen LogP contribution is 2.03. The van der Waals surface area contributed by atoms with Crippen molar-refractivity contribution in [2.75, 3.05) is 23.5 Å². The van der Waals surface area contributed by atoms with Gasteiger partial charge in [-0.1, -0.05) is 0 Å². The van der Waals surface area contributed by atoms with Crippen LogP contribution in [0.3, 0.4) is 0 Å². The number of rotatable bonds is 14. The monoisotopic (exact) mass is 469 g/mol. The average molecular weight is 470 g/mol. The molecule has 0 bridgehead atoms. The van der Waals surface area contributed by atoms with Crippen molar-refractivity contribution in [3.05, 3.63) is 0 Å². The molecular weight excluding hydrogens is 442 g/mol. The number of primary amides is 1. The van der Waals surface area contributed by atoms with E-state index in [1.807, 2.05) is 0 Å². The molecule has 0 spiro atoms. The molecule has 0 rings (SSSR count). The van der Waals surface area contributed by atoms with Crippen LogP contribution in [0.2, 0.25) is 0 Å². The lowest BCUT2D eigenvalue weighted by Gasteiger charge is -2.23. The third-order valence-corrected chi connectivity index (χ3v) is 5.02. The lowest BCUT2D eigenvalue weighted by molar-refractivity contribution is -0.142. The van der Waals surface area contributed by atoms with E-state index >= 15 is 0 Å². The molecule has 11 nitrogen and oxygen atoms in total. The van der Waals surface area contributed by atoms with E-state index < -0.39 is 60.2 Å². The molecule has 0 saturated heterocycles. The van der Waals surface area contributed by atoms with E-state index in [0.717, 1.165) is 0 Å². The van der Waals surface area contributed by atoms with Crippen molar-refractivity contribution >= 4 is 66.6 Å². The van der Waals surface area contributed by atoms with E-state index in [9.17, 15) is 29.1 Å². The second-order valence-corrected chi connectivity index (χ2v) is 7.66. The summed E-state index contributed by atoms with van der Waals surface area (Å²) in [5, 5.41) is 16.1. The van der Waals surface area contributed by atoms with E-state index in [1.54, 1.807) is 6.26 Å². The zero-order chi connectivity index (χ0) is 22.6. The standard InChI is InChI=1S/C15H27N5O6S3/c1-29-3-2-8(15(25)26)18-13(23)9(4-11(17)21)19-14(24)10(6-28)20-12(22)7(16)5-27/h7-10,27-28H,2-6,16H2,1H3,(H2,17,21)(H,18,23)(H,19,24)(H,20,22)(H,25,26). The van der Waals surface area contributed by atoms with Crippen molar-refractivity contribution in [3.63, 3.8) is 0 Å². The fraction of sp³-hybridized carbons (Fsp3) is 0.667. The number of carbonyl (C=O) groups is 5. The molecule has 8 N–H and O–H groups in total. The van der Waals surface area contributed by atoms with Gasteiger partial charge in [-0.15, -0.1) is 0 Å². The van der Waals surface area contributed by atoms with Gasteiger partial charge >= 0.3 is 5.97 Å². The molecule has 0 aliphatic rings. The van der Waals surface area contributed by atoms with Crippen LogP contribution < -0.4 is 27.4 Å². The summed E-state index contributed by atoms with van der Waals surface area (Å²) in [7, 11) is 0. The summed E-state index contributed by atoms with van der Waals surface area (Å²) in [6.07, 6.45) is 1.37. The third-order valence-electron chi connectivity index (χ3n) is 3.61. The Hall–Kier alpha value is -1.64. The Morgan fingerprint density at radius 3 is 1.90 bits per heavy atom. The zero-order valence-electron chi connectivity index (χ0n) is 15.8. The largest absolute Gasteiger partial charge is 0.480 e. The minimum atomic E-state index is -1.42. The molecule has 0 aromatic rings. The van der Waals surface area contributed by atoms with Gasteiger partial charge in [0.25, 0.3) is 0 Å². The molecule has 0 radical (unpaired) electrons. The smallest absolute Gasteiger partial charge is 0.326 e. The van der Waals surface area contributed by atoms with Gasteiger partial charge in [-0.2, -0.15) is 37.0 Å². The highest BCUT2D eigenvalue weighted by atomic mass is 32.2. The van der Waals surface area contributed by atoms with Crippen molar-refractivity contribution in [2.24, 2.45) is 11.5 Å². The fourth-order valence-corrected chi connectivity index (χ4v) is 2.90. The van der Waals surface area contributed by atoms with Gasteiger partial charge in [0.05, 0.1) is 12.5 Å². The van der Waals surface area contributed by atoms with Crippen molar-refractivity contribution in [1.29, 1.82) is 0 Å². The van der Waals surface area contributed by atoms with Crippen molar-refractivity contribution in [2.45, 2.75) is 37.0 Å². The first-order valence-electron chi connectivity index (χ1n) is 8.45. The lowest BCUT2D eigenvalue weighted by atomic mass is 10.1. The van der Waals surface area contributed by atoms with Crippen molar-refractivity contribution < 1.29 is 29.1 Å². The molecule has 4 unspecified atom stereocenters. The number of amides is 4. The fourth-order valence-electron chi connectivity index (χ4n) is 2.00. The Bertz CT molecular complexity index is 609. The number of thioether (sulfide) groups is 1. The number of carboxylic acid groups (broad SMARTS) is 1. The molecule has 0 heterocycles. The Balaban J connectivity index is 5.22. The van der Waals surface area contributed by atoms with Crippen LogP contribution in [0.4, 0.5) is 0 Å². The number of carboxylic acids is 1. The van der Waals surface area contributed by atoms with Crippen LogP contribution in [0.25, 0.3) is 0 Å². The number of hydrogen-bond donors (Lipinski definition) is 8. The number of hydrogen-bond acceptors (Lipinski definition) is 9. The van der Waals surface area contributed by atoms with Gasteiger partial charge in [-0.25, -0.2) is 4.79 Å². The topological polar surface area (TPSA) is 194 Å². The Morgan fingerprint density at radius 1 is 0.931 bits per heavy atom. The van der Waals surface area contributed by atoms with Crippen LogP contribution in [0.15, 0.2) is 0 Å². The molecule has 0 aliphatic carbocycles. The molecule has 0 aliphatic heterocycles. The van der Waals surface area contributed by atoms with E-state index in [0.29, 0.717) is 5.75 Å². The number of nitrogens with two attached hydrogens (primary N) is 2. The summed E-state index contributed by atoms with van der Waals surface area (Å²) in [6, 6.07) is -4.72. The van der Waals surface area contributed by atoms with Crippen LogP contribution in [0, 0.1) is 0 Å². The summed E-state index contributed by atoms with van der Waals surface area (Å²) < 4.78 is 0. The second kappa shape index (κ2) is 14.4. The number of aliphatic carboxylic acids is 1. The maximum absolute atomic E-state index is 12.4. The molecule has 14 heteroatoms. The zero-order valence-corrected chi connectivity index (χ0v) is 18.4. The predicted octanol–water partition coefficient (Wildman–Crippen LogP) is -2.66. The molecule has 4 atom stereocenters. The molecule has 0 saturated carbocycles. The van der Waals surface area contributed by atoms with Gasteiger partial charge in [0.2, 0.25) is 23.6 Å². The number of nitrogens with one attached hydrogen (secondary N) is 3. The highest BCUT2D eigenvalue weighted by Gasteiger charge is 2.30. The lowest BCUT2D eigenvalue weighted by Crippen LogP contribution is -2.58. The van der Waals surface area contributed by atoms with Gasteiger partial charge in [-0.05, 0) is 18.4 Å². The van der Waals surface area contributed by atoms with Gasteiger partial charge in [0.1, 0.15) is 18.1 Å². The molecule has 0 fully saturated rings. The third kappa shape index (κ3) is 10.6. The highest BCUT2D eigenvalue weighted by molar-refractivity contribution is 7.98. The van der Waals surface area contributed by atoms with Gasteiger partial charge < -0.3 is 32.5 Å². The van der Waals surface area contributed by atoms with Gasteiger partial charge in [0.15, 0.2) is 0 Å². The van der Waals surface area contributed by atoms with E-state index in [-0.39, 0.29) is 17.9 Å². The van der Waals surface area contributed by atoms with E-state index in [1.165, 1.54) is 11.8 Å². The molecular formula is C15H27N5O6S3. The van der Waals surface area contributed by atoms with Crippen molar-refractivity contribution in [1.82, 2.24) is 16.0 Å². The summed E-state index contributed by atoms with van der Waals surface area (Å²) in [5.74, 6) is -4.07. The first-order valence-corrected chi connectivity index (χ1v) is 11.1. The molecule has 4 amide bonds. The maximum Gasteiger partial charge on any atom is 0.326 e. The van der Waals surface area contributed by atoms with Crippen LogP contribution in [0.5, 0.6) is 0 Å². The molecule has 166 valence electrons. The van der Waals surface area contributed by atoms with Crippen molar-refractivity contribution in [3.8, 4) is 0 Å². The SMILES string of the molecule is CSCCC(NC(=O)C(CC(N)=O)NC(=O)C(CS)NC(=O)C(N)CS)C(=O)O. The van der Waals surface area contributed by atoms with Crippen LogP contribution in [0.1, 0.15) is 12.8 Å². The summed E-state index contributed by atoms with van der Waals surface area (Å²) >= 11 is 9.27. The van der Waals surface area contributed by atoms with E-state index in [2.05, 4.69) is 41.2 Å². The molecule has 29 heavy (non-hydrogen) atoms. The summed E-state index contributed by atoms with van der Waals surface area (Å²) in [4.78, 5) is 59.3. The quantitative estimate of drug-likeness (QED) is 0.126. The van der Waals surface area contributed by atoms with Gasteiger partial charge in [-0.3, -0.25) is 19.2 Å². The van der Waals surface area contributed by atoms with Crippen LogP contribution in [-0.2, 0) is 24.0 Å². The summed E-state index contributed by atoms with van der Waals surface area (Å²) in [5.41, 5.74) is 10.7. The molecule has 0 aromatic heterocycles.